The third-order valence-electron chi connectivity index (χ3n) is 3.75. The number of nitrogens with one attached hydrogen (secondary N) is 2. The number of halogens is 1. The fourth-order valence-corrected chi connectivity index (χ4v) is 2.83. The SMILES string of the molecule is COC(=O)c1cc(NC(=O)c2c(C)[nH]c3ccccc23)ccc1Cl. The number of esters is 1. The first-order valence-corrected chi connectivity index (χ1v) is 7.65. The Kier molecular flexibility index (Phi) is 4.27. The van der Waals surface area contributed by atoms with E-state index in [4.69, 9.17) is 11.6 Å². The summed E-state index contributed by atoms with van der Waals surface area (Å²) in [7, 11) is 1.28. The zero-order valence-corrected chi connectivity index (χ0v) is 13.9. The number of amides is 1. The Morgan fingerprint density at radius 2 is 1.92 bits per heavy atom. The summed E-state index contributed by atoms with van der Waals surface area (Å²) in [6.45, 7) is 1.84. The van der Waals surface area contributed by atoms with Gasteiger partial charge in [-0.2, -0.15) is 0 Å². The number of carbonyl (C=O) groups is 2. The zero-order valence-electron chi connectivity index (χ0n) is 13.1. The van der Waals surface area contributed by atoms with Crippen LogP contribution in [0.1, 0.15) is 26.4 Å². The molecule has 0 saturated carbocycles. The third-order valence-corrected chi connectivity index (χ3v) is 4.08. The summed E-state index contributed by atoms with van der Waals surface area (Å²) < 4.78 is 4.68. The van der Waals surface area contributed by atoms with Crippen LogP contribution in [0, 0.1) is 6.92 Å². The minimum Gasteiger partial charge on any atom is -0.465 e. The van der Waals surface area contributed by atoms with E-state index in [2.05, 4.69) is 15.0 Å². The molecule has 1 heterocycles. The van der Waals surface area contributed by atoms with Crippen molar-refractivity contribution in [2.75, 3.05) is 12.4 Å². The molecule has 0 aliphatic carbocycles. The molecule has 0 unspecified atom stereocenters. The van der Waals surface area contributed by atoms with Crippen LogP contribution in [0.2, 0.25) is 5.02 Å². The quantitative estimate of drug-likeness (QED) is 0.702. The normalized spacial score (nSPS) is 10.6. The molecule has 0 spiro atoms. The Morgan fingerprint density at radius 1 is 1.17 bits per heavy atom. The molecule has 24 heavy (non-hydrogen) atoms. The lowest BCUT2D eigenvalue weighted by Crippen LogP contribution is -2.13. The van der Waals surface area contributed by atoms with Crippen molar-refractivity contribution >= 4 is 40.1 Å². The Bertz CT molecular complexity index is 947. The molecule has 0 aliphatic heterocycles. The van der Waals surface area contributed by atoms with Gasteiger partial charge in [-0.05, 0) is 31.2 Å². The number of para-hydroxylation sites is 1. The number of ether oxygens (including phenoxy) is 1. The van der Waals surface area contributed by atoms with E-state index in [0.29, 0.717) is 11.3 Å². The highest BCUT2D eigenvalue weighted by molar-refractivity contribution is 6.33. The molecule has 0 fully saturated rings. The van der Waals surface area contributed by atoms with Gasteiger partial charge in [0.2, 0.25) is 0 Å². The Labute approximate surface area is 143 Å². The van der Waals surface area contributed by atoms with Gasteiger partial charge in [-0.15, -0.1) is 0 Å². The average molecular weight is 343 g/mol. The van der Waals surface area contributed by atoms with Crippen LogP contribution in [0.3, 0.4) is 0 Å². The molecular weight excluding hydrogens is 328 g/mol. The molecule has 0 atom stereocenters. The second-order valence-electron chi connectivity index (χ2n) is 5.31. The fourth-order valence-electron chi connectivity index (χ4n) is 2.63. The van der Waals surface area contributed by atoms with Crippen molar-refractivity contribution < 1.29 is 14.3 Å². The predicted molar refractivity (Wildman–Crippen MR) is 93.8 cm³/mol. The summed E-state index contributed by atoms with van der Waals surface area (Å²) in [5.41, 5.74) is 2.91. The van der Waals surface area contributed by atoms with Gasteiger partial charge in [0.1, 0.15) is 0 Å². The second-order valence-corrected chi connectivity index (χ2v) is 5.72. The number of methoxy groups -OCH3 is 1. The lowest BCUT2D eigenvalue weighted by atomic mass is 10.1. The standard InChI is InChI=1S/C18H15ClN2O3/c1-10-16(12-5-3-4-6-15(12)20-10)17(22)21-11-7-8-14(19)13(9-11)18(23)24-2/h3-9,20H,1-2H3,(H,21,22). The van der Waals surface area contributed by atoms with Gasteiger partial charge < -0.3 is 15.0 Å². The first-order chi connectivity index (χ1) is 11.5. The lowest BCUT2D eigenvalue weighted by molar-refractivity contribution is 0.0600. The topological polar surface area (TPSA) is 71.2 Å². The molecule has 2 N–H and O–H groups in total. The van der Waals surface area contributed by atoms with E-state index in [9.17, 15) is 9.59 Å². The number of rotatable bonds is 3. The molecule has 0 bridgehead atoms. The van der Waals surface area contributed by atoms with Gasteiger partial charge >= 0.3 is 5.97 Å². The highest BCUT2D eigenvalue weighted by Crippen LogP contribution is 2.25. The van der Waals surface area contributed by atoms with E-state index in [-0.39, 0.29) is 16.5 Å². The van der Waals surface area contributed by atoms with Crippen LogP contribution in [-0.2, 0) is 4.74 Å². The molecule has 0 radical (unpaired) electrons. The number of anilines is 1. The Balaban J connectivity index is 1.95. The lowest BCUT2D eigenvalue weighted by Gasteiger charge is -2.08. The average Bonchev–Trinajstić information content (AvgIpc) is 2.91. The number of hydrogen-bond acceptors (Lipinski definition) is 3. The second kappa shape index (κ2) is 6.37. The van der Waals surface area contributed by atoms with Gasteiger partial charge in [0.15, 0.2) is 0 Å². The summed E-state index contributed by atoms with van der Waals surface area (Å²) in [4.78, 5) is 27.6. The summed E-state index contributed by atoms with van der Waals surface area (Å²) in [5.74, 6) is -0.817. The number of carbonyl (C=O) groups excluding carboxylic acids is 2. The number of hydrogen-bond donors (Lipinski definition) is 2. The van der Waals surface area contributed by atoms with E-state index < -0.39 is 5.97 Å². The van der Waals surface area contributed by atoms with Crippen molar-refractivity contribution in [3.63, 3.8) is 0 Å². The van der Waals surface area contributed by atoms with Gasteiger partial charge in [0.05, 0.1) is 23.3 Å². The highest BCUT2D eigenvalue weighted by atomic mass is 35.5. The van der Waals surface area contributed by atoms with E-state index in [1.165, 1.54) is 13.2 Å². The van der Waals surface area contributed by atoms with Crippen molar-refractivity contribution in [2.24, 2.45) is 0 Å². The monoisotopic (exact) mass is 342 g/mol. The van der Waals surface area contributed by atoms with Crippen molar-refractivity contribution in [2.45, 2.75) is 6.92 Å². The van der Waals surface area contributed by atoms with Gasteiger partial charge in [0.25, 0.3) is 5.91 Å². The predicted octanol–water partition coefficient (Wildman–Crippen LogP) is 4.17. The van der Waals surface area contributed by atoms with Crippen molar-refractivity contribution in [1.29, 1.82) is 0 Å². The molecule has 3 aromatic rings. The number of benzene rings is 2. The number of aromatic amines is 1. The zero-order chi connectivity index (χ0) is 17.3. The van der Waals surface area contributed by atoms with Gasteiger partial charge in [-0.3, -0.25) is 4.79 Å². The first kappa shape index (κ1) is 16.1. The van der Waals surface area contributed by atoms with Crippen molar-refractivity contribution in [3.8, 4) is 0 Å². The van der Waals surface area contributed by atoms with Crippen LogP contribution >= 0.6 is 11.6 Å². The molecule has 5 nitrogen and oxygen atoms in total. The molecule has 0 saturated heterocycles. The van der Waals surface area contributed by atoms with Gasteiger partial charge in [-0.25, -0.2) is 4.79 Å². The van der Waals surface area contributed by atoms with Crippen LogP contribution in [-0.4, -0.2) is 24.0 Å². The van der Waals surface area contributed by atoms with Crippen LogP contribution in [0.25, 0.3) is 10.9 Å². The van der Waals surface area contributed by atoms with Crippen molar-refractivity contribution in [3.05, 3.63) is 64.3 Å². The molecule has 3 rings (SSSR count). The maximum absolute atomic E-state index is 12.7. The first-order valence-electron chi connectivity index (χ1n) is 7.27. The molecule has 0 aliphatic rings. The summed E-state index contributed by atoms with van der Waals surface area (Å²) in [6, 6.07) is 12.3. The van der Waals surface area contributed by atoms with Crippen LogP contribution in [0.15, 0.2) is 42.5 Å². The number of fused-ring (bicyclic) bond motifs is 1. The van der Waals surface area contributed by atoms with E-state index in [1.807, 2.05) is 31.2 Å². The van der Waals surface area contributed by atoms with Gasteiger partial charge in [0, 0.05) is 22.3 Å². The van der Waals surface area contributed by atoms with Crippen molar-refractivity contribution in [1.82, 2.24) is 4.98 Å². The maximum atomic E-state index is 12.7. The molecule has 2 aromatic carbocycles. The Hall–Kier alpha value is -2.79. The summed E-state index contributed by atoms with van der Waals surface area (Å²) in [5, 5.41) is 3.91. The molecule has 122 valence electrons. The van der Waals surface area contributed by atoms with Crippen LogP contribution in [0.5, 0.6) is 0 Å². The van der Waals surface area contributed by atoms with E-state index in [1.54, 1.807) is 12.1 Å². The molecule has 1 aromatic heterocycles. The van der Waals surface area contributed by atoms with Crippen LogP contribution in [0.4, 0.5) is 5.69 Å². The fraction of sp³-hybridized carbons (Fsp3) is 0.111. The van der Waals surface area contributed by atoms with Gasteiger partial charge in [-0.1, -0.05) is 29.8 Å². The smallest absolute Gasteiger partial charge is 0.339 e. The molecule has 6 heteroatoms. The molecular formula is C18H15ClN2O3. The Morgan fingerprint density at radius 3 is 2.67 bits per heavy atom. The molecule has 1 amide bonds. The maximum Gasteiger partial charge on any atom is 0.339 e. The van der Waals surface area contributed by atoms with Crippen LogP contribution < -0.4 is 5.32 Å². The largest absolute Gasteiger partial charge is 0.465 e. The third kappa shape index (κ3) is 2.86. The van der Waals surface area contributed by atoms with E-state index in [0.717, 1.165) is 16.6 Å². The highest BCUT2D eigenvalue weighted by Gasteiger charge is 2.17. The summed E-state index contributed by atoms with van der Waals surface area (Å²) >= 11 is 5.99. The number of H-pyrrole nitrogens is 1. The number of aryl methyl sites for hydroxylation is 1. The number of aromatic nitrogens is 1. The minimum absolute atomic E-state index is 0.201. The minimum atomic E-state index is -0.556. The summed E-state index contributed by atoms with van der Waals surface area (Å²) in [6.07, 6.45) is 0. The van der Waals surface area contributed by atoms with E-state index >= 15 is 0 Å².